The molecule has 9 aromatic carbocycles. The van der Waals surface area contributed by atoms with E-state index in [1.165, 1.54) is 54.6 Å². The molecule has 58 heavy (non-hydrogen) atoms. The van der Waals surface area contributed by atoms with Crippen LogP contribution in [0.3, 0.4) is 0 Å². The third-order valence-electron chi connectivity index (χ3n) is 11.7. The summed E-state index contributed by atoms with van der Waals surface area (Å²) in [6.45, 7) is 0. The first-order valence-electron chi connectivity index (χ1n) is 19.7. The van der Waals surface area contributed by atoms with Gasteiger partial charge in [0, 0.05) is 38.1 Å². The minimum Gasteiger partial charge on any atom is -0.309 e. The first-order valence-corrected chi connectivity index (χ1v) is 19.7. The Morgan fingerprint density at radius 3 is 1.33 bits per heavy atom. The summed E-state index contributed by atoms with van der Waals surface area (Å²) >= 11 is 0. The molecule has 0 radical (unpaired) electrons. The van der Waals surface area contributed by atoms with Gasteiger partial charge in [-0.1, -0.05) is 158 Å². The van der Waals surface area contributed by atoms with Gasteiger partial charge in [-0.2, -0.15) is 0 Å². The summed E-state index contributed by atoms with van der Waals surface area (Å²) in [4.78, 5) is 10.5. The van der Waals surface area contributed by atoms with Gasteiger partial charge in [-0.3, -0.25) is 4.57 Å². The molecule has 0 aliphatic rings. The van der Waals surface area contributed by atoms with Crippen LogP contribution >= 0.6 is 0 Å². The van der Waals surface area contributed by atoms with E-state index in [-0.39, 0.29) is 0 Å². The maximum absolute atomic E-state index is 5.23. The summed E-state index contributed by atoms with van der Waals surface area (Å²) in [5.41, 5.74) is 11.9. The highest BCUT2D eigenvalue weighted by atomic mass is 15.2. The SMILES string of the molecule is c1ccc(-c2cc(-c3ccccc3)nc(-n3c4ccccc4c4cc(-c5ccc6c(c5)c5ccccc5n6-c5cc6ccccc6c6ccccc56)ccc43)n2)cc1. The monoisotopic (exact) mass is 738 g/mol. The fourth-order valence-corrected chi connectivity index (χ4v) is 9.05. The highest BCUT2D eigenvalue weighted by molar-refractivity contribution is 6.16. The number of hydrogen-bond acceptors (Lipinski definition) is 2. The van der Waals surface area contributed by atoms with Crippen LogP contribution in [-0.2, 0) is 0 Å². The number of para-hydroxylation sites is 2. The van der Waals surface area contributed by atoms with Crippen molar-refractivity contribution < 1.29 is 0 Å². The van der Waals surface area contributed by atoms with E-state index in [2.05, 4.69) is 203 Å². The molecule has 0 unspecified atom stereocenters. The Morgan fingerprint density at radius 2 is 0.724 bits per heavy atom. The lowest BCUT2D eigenvalue weighted by molar-refractivity contribution is 0.995. The van der Waals surface area contributed by atoms with Gasteiger partial charge in [-0.05, 0) is 75.8 Å². The highest BCUT2D eigenvalue weighted by Crippen LogP contribution is 2.40. The maximum Gasteiger partial charge on any atom is 0.235 e. The molecule has 0 atom stereocenters. The standard InChI is InChI=1S/C54H34N4/c1-3-15-35(16-4-1)47-34-48(36-17-5-2-6-18-36)56-54(55-47)58-50-26-14-12-24-44(50)46-32-38(28-30-52(46)58)37-27-29-51-45(31-37)43-23-11-13-25-49(43)57(51)53-33-39-19-7-8-20-40(39)41-21-9-10-22-42(41)53/h1-34H. The second-order valence-electron chi connectivity index (χ2n) is 15.0. The second-order valence-corrected chi connectivity index (χ2v) is 15.0. The van der Waals surface area contributed by atoms with Crippen molar-refractivity contribution in [1.82, 2.24) is 19.1 Å². The molecular weight excluding hydrogens is 705 g/mol. The van der Waals surface area contributed by atoms with Crippen molar-refractivity contribution in [2.75, 3.05) is 0 Å². The van der Waals surface area contributed by atoms with Gasteiger partial charge in [0.05, 0.1) is 39.1 Å². The molecule has 0 aliphatic heterocycles. The van der Waals surface area contributed by atoms with E-state index in [9.17, 15) is 0 Å². The predicted octanol–water partition coefficient (Wildman–Crippen LogP) is 14.0. The molecule has 0 amide bonds. The molecule has 0 saturated heterocycles. The van der Waals surface area contributed by atoms with Crippen molar-refractivity contribution >= 4 is 65.2 Å². The molecule has 12 rings (SSSR count). The first-order chi connectivity index (χ1) is 28.8. The summed E-state index contributed by atoms with van der Waals surface area (Å²) in [6, 6.07) is 73.8. The van der Waals surface area contributed by atoms with Crippen LogP contribution in [0.25, 0.3) is 110 Å². The number of nitrogens with zero attached hydrogens (tertiary/aromatic N) is 4. The first kappa shape index (κ1) is 32.4. The molecule has 4 nitrogen and oxygen atoms in total. The van der Waals surface area contributed by atoms with Gasteiger partial charge in [0.2, 0.25) is 5.95 Å². The van der Waals surface area contributed by atoms with Crippen LogP contribution in [0.4, 0.5) is 0 Å². The van der Waals surface area contributed by atoms with Crippen LogP contribution in [0.5, 0.6) is 0 Å². The van der Waals surface area contributed by atoms with Crippen LogP contribution in [-0.4, -0.2) is 19.1 Å². The second kappa shape index (κ2) is 12.9. The van der Waals surface area contributed by atoms with Gasteiger partial charge in [0.25, 0.3) is 0 Å². The van der Waals surface area contributed by atoms with E-state index in [1.54, 1.807) is 0 Å². The molecule has 4 heteroatoms. The zero-order valence-electron chi connectivity index (χ0n) is 31.4. The van der Waals surface area contributed by atoms with Crippen LogP contribution < -0.4 is 0 Å². The Morgan fingerprint density at radius 1 is 0.276 bits per heavy atom. The van der Waals surface area contributed by atoms with E-state index in [0.29, 0.717) is 5.95 Å². The lowest BCUT2D eigenvalue weighted by atomic mass is 9.99. The van der Waals surface area contributed by atoms with Crippen molar-refractivity contribution in [3.05, 3.63) is 206 Å². The van der Waals surface area contributed by atoms with Crippen molar-refractivity contribution in [3.63, 3.8) is 0 Å². The van der Waals surface area contributed by atoms with Crippen molar-refractivity contribution in [2.45, 2.75) is 0 Å². The molecular formula is C54H34N4. The smallest absolute Gasteiger partial charge is 0.235 e. The Hall–Kier alpha value is -7.82. The number of hydrogen-bond donors (Lipinski definition) is 0. The largest absolute Gasteiger partial charge is 0.309 e. The van der Waals surface area contributed by atoms with Crippen LogP contribution in [0.2, 0.25) is 0 Å². The summed E-state index contributed by atoms with van der Waals surface area (Å²) in [6.07, 6.45) is 0. The Bertz CT molecular complexity index is 3500. The summed E-state index contributed by atoms with van der Waals surface area (Å²) < 4.78 is 4.67. The molecule has 0 N–H and O–H groups in total. The zero-order chi connectivity index (χ0) is 38.2. The molecule has 0 saturated carbocycles. The zero-order valence-corrected chi connectivity index (χ0v) is 31.4. The Kier molecular flexibility index (Phi) is 7.20. The van der Waals surface area contributed by atoms with E-state index in [4.69, 9.17) is 9.97 Å². The van der Waals surface area contributed by atoms with Gasteiger partial charge in [0.15, 0.2) is 0 Å². The average molecular weight is 739 g/mol. The average Bonchev–Trinajstić information content (AvgIpc) is 3.81. The third-order valence-corrected chi connectivity index (χ3v) is 11.7. The van der Waals surface area contributed by atoms with Crippen LogP contribution in [0.1, 0.15) is 0 Å². The topological polar surface area (TPSA) is 35.6 Å². The fourth-order valence-electron chi connectivity index (χ4n) is 9.05. The lowest BCUT2D eigenvalue weighted by Gasteiger charge is -2.14. The predicted molar refractivity (Wildman–Crippen MR) is 242 cm³/mol. The normalized spacial score (nSPS) is 11.8. The molecule has 270 valence electrons. The molecule has 0 fully saturated rings. The van der Waals surface area contributed by atoms with Crippen molar-refractivity contribution in [2.24, 2.45) is 0 Å². The third kappa shape index (κ3) is 5.02. The quantitative estimate of drug-likeness (QED) is 0.165. The van der Waals surface area contributed by atoms with Gasteiger partial charge >= 0.3 is 0 Å². The fraction of sp³-hybridized carbons (Fsp3) is 0. The van der Waals surface area contributed by atoms with Crippen LogP contribution in [0.15, 0.2) is 206 Å². The van der Waals surface area contributed by atoms with Crippen molar-refractivity contribution in [3.8, 4) is 45.3 Å². The maximum atomic E-state index is 5.23. The van der Waals surface area contributed by atoms with E-state index in [0.717, 1.165) is 49.9 Å². The Balaban J connectivity index is 1.05. The number of fused-ring (bicyclic) bond motifs is 9. The number of benzene rings is 9. The molecule has 0 bridgehead atoms. The Labute approximate surface area is 334 Å². The molecule has 0 spiro atoms. The molecule has 0 aliphatic carbocycles. The highest BCUT2D eigenvalue weighted by Gasteiger charge is 2.19. The van der Waals surface area contributed by atoms with Crippen LogP contribution in [0, 0.1) is 0 Å². The van der Waals surface area contributed by atoms with E-state index < -0.39 is 0 Å². The molecule has 3 aromatic heterocycles. The lowest BCUT2D eigenvalue weighted by Crippen LogP contribution is -2.03. The van der Waals surface area contributed by atoms with Gasteiger partial charge in [-0.25, -0.2) is 9.97 Å². The summed E-state index contributed by atoms with van der Waals surface area (Å²) in [5, 5.41) is 9.80. The van der Waals surface area contributed by atoms with Crippen molar-refractivity contribution in [1.29, 1.82) is 0 Å². The minimum atomic E-state index is 0.648. The van der Waals surface area contributed by atoms with Gasteiger partial charge in [0.1, 0.15) is 0 Å². The summed E-state index contributed by atoms with van der Waals surface area (Å²) in [5.74, 6) is 0.648. The molecule has 12 aromatic rings. The molecule has 3 heterocycles. The van der Waals surface area contributed by atoms with E-state index >= 15 is 0 Å². The number of aromatic nitrogens is 4. The minimum absolute atomic E-state index is 0.648. The van der Waals surface area contributed by atoms with E-state index in [1.807, 2.05) is 12.1 Å². The summed E-state index contributed by atoms with van der Waals surface area (Å²) in [7, 11) is 0. The number of rotatable bonds is 5. The van der Waals surface area contributed by atoms with Gasteiger partial charge < -0.3 is 4.57 Å². The van der Waals surface area contributed by atoms with Gasteiger partial charge in [-0.15, -0.1) is 0 Å².